The van der Waals surface area contributed by atoms with Crippen molar-refractivity contribution < 1.29 is 14.7 Å². The quantitative estimate of drug-likeness (QED) is 0.750. The van der Waals surface area contributed by atoms with E-state index in [4.69, 9.17) is 5.11 Å². The first-order valence-corrected chi connectivity index (χ1v) is 7.70. The molecule has 5 nitrogen and oxygen atoms in total. The number of carboxylic acids is 1. The van der Waals surface area contributed by atoms with Gasteiger partial charge in [-0.15, -0.1) is 0 Å². The Morgan fingerprint density at radius 2 is 1.90 bits per heavy atom. The van der Waals surface area contributed by atoms with E-state index in [1.165, 1.54) is 0 Å². The summed E-state index contributed by atoms with van der Waals surface area (Å²) in [5.74, 6) is -1.09. The summed E-state index contributed by atoms with van der Waals surface area (Å²) in [5, 5.41) is 11.7. The first-order chi connectivity index (χ1) is 9.92. The van der Waals surface area contributed by atoms with E-state index in [0.717, 1.165) is 16.5 Å². The predicted octanol–water partition coefficient (Wildman–Crippen LogP) is 2.42. The van der Waals surface area contributed by atoms with Crippen LogP contribution in [0.15, 0.2) is 28.7 Å². The van der Waals surface area contributed by atoms with Gasteiger partial charge in [-0.2, -0.15) is 0 Å². The molecule has 1 amide bonds. The van der Waals surface area contributed by atoms with Crippen molar-refractivity contribution in [1.29, 1.82) is 0 Å². The molecule has 6 heteroatoms. The van der Waals surface area contributed by atoms with E-state index in [2.05, 4.69) is 21.2 Å². The number of carboxylic acid groups (broad SMARTS) is 1. The summed E-state index contributed by atoms with van der Waals surface area (Å²) in [6.07, 6.45) is 0.808. The summed E-state index contributed by atoms with van der Waals surface area (Å²) in [6.45, 7) is 4.43. The van der Waals surface area contributed by atoms with E-state index in [-0.39, 0.29) is 25.0 Å². The fraction of sp³-hybridized carbons (Fsp3) is 0.467. The Morgan fingerprint density at radius 3 is 2.43 bits per heavy atom. The van der Waals surface area contributed by atoms with Crippen LogP contribution in [0.2, 0.25) is 0 Å². The van der Waals surface area contributed by atoms with E-state index in [1.54, 1.807) is 4.90 Å². The van der Waals surface area contributed by atoms with Gasteiger partial charge < -0.3 is 10.4 Å². The molecule has 1 atom stereocenters. The Morgan fingerprint density at radius 1 is 1.29 bits per heavy atom. The summed E-state index contributed by atoms with van der Waals surface area (Å²) >= 11 is 3.37. The highest BCUT2D eigenvalue weighted by atomic mass is 79.9. The van der Waals surface area contributed by atoms with Crippen molar-refractivity contribution in [1.82, 2.24) is 10.2 Å². The molecule has 2 N–H and O–H groups in total. The lowest BCUT2D eigenvalue weighted by Gasteiger charge is -2.21. The molecule has 0 bridgehead atoms. The lowest BCUT2D eigenvalue weighted by Crippen LogP contribution is -2.40. The molecule has 0 aliphatic carbocycles. The summed E-state index contributed by atoms with van der Waals surface area (Å²) < 4.78 is 0.986. The number of halogens is 1. The minimum atomic E-state index is -0.919. The van der Waals surface area contributed by atoms with Gasteiger partial charge in [0.05, 0.1) is 19.1 Å². The zero-order chi connectivity index (χ0) is 15.8. The third-order valence-electron chi connectivity index (χ3n) is 3.01. The highest BCUT2D eigenvalue weighted by molar-refractivity contribution is 9.10. The summed E-state index contributed by atoms with van der Waals surface area (Å²) in [4.78, 5) is 24.4. The molecule has 0 heterocycles. The number of benzene rings is 1. The third-order valence-corrected chi connectivity index (χ3v) is 3.54. The molecule has 21 heavy (non-hydrogen) atoms. The number of hydrogen-bond donors (Lipinski definition) is 2. The van der Waals surface area contributed by atoms with Crippen LogP contribution < -0.4 is 5.32 Å². The van der Waals surface area contributed by atoms with Crippen molar-refractivity contribution in [3.63, 3.8) is 0 Å². The normalized spacial score (nSPS) is 12.2. The molecule has 0 saturated carbocycles. The topological polar surface area (TPSA) is 69.6 Å². The highest BCUT2D eigenvalue weighted by Crippen LogP contribution is 2.16. The zero-order valence-electron chi connectivity index (χ0n) is 12.3. The molecule has 0 radical (unpaired) electrons. The fourth-order valence-corrected chi connectivity index (χ4v) is 2.31. The second kappa shape index (κ2) is 8.79. The van der Waals surface area contributed by atoms with Gasteiger partial charge in [-0.3, -0.25) is 14.5 Å². The molecule has 0 saturated heterocycles. The molecule has 0 aromatic heterocycles. The largest absolute Gasteiger partial charge is 0.480 e. The van der Waals surface area contributed by atoms with Crippen LogP contribution in [-0.2, 0) is 9.59 Å². The Labute approximate surface area is 133 Å². The number of rotatable bonds is 8. The molecule has 1 unspecified atom stereocenters. The van der Waals surface area contributed by atoms with E-state index >= 15 is 0 Å². The van der Waals surface area contributed by atoms with Gasteiger partial charge in [0.2, 0.25) is 5.91 Å². The van der Waals surface area contributed by atoms with Gasteiger partial charge in [0, 0.05) is 4.47 Å². The maximum absolute atomic E-state index is 12.0. The minimum absolute atomic E-state index is 0.0982. The number of amides is 1. The number of hydrogen-bond acceptors (Lipinski definition) is 3. The first kappa shape index (κ1) is 17.7. The number of carbonyl (C=O) groups is 2. The van der Waals surface area contributed by atoms with Crippen molar-refractivity contribution in [2.45, 2.75) is 26.3 Å². The molecule has 116 valence electrons. The smallest absolute Gasteiger partial charge is 0.317 e. The second-order valence-electron chi connectivity index (χ2n) is 4.95. The number of nitrogens with zero attached hydrogens (tertiary/aromatic N) is 1. The molecule has 1 aromatic rings. The van der Waals surface area contributed by atoms with Crippen molar-refractivity contribution in [3.8, 4) is 0 Å². The van der Waals surface area contributed by atoms with E-state index in [1.807, 2.05) is 38.1 Å². The lowest BCUT2D eigenvalue weighted by molar-refractivity contribution is -0.138. The van der Waals surface area contributed by atoms with Crippen molar-refractivity contribution >= 4 is 27.8 Å². The number of nitrogens with one attached hydrogen (secondary N) is 1. The van der Waals surface area contributed by atoms with E-state index in [9.17, 15) is 9.59 Å². The van der Waals surface area contributed by atoms with Crippen LogP contribution in [-0.4, -0.2) is 41.5 Å². The van der Waals surface area contributed by atoms with Crippen LogP contribution >= 0.6 is 15.9 Å². The Hall–Kier alpha value is -1.40. The maximum Gasteiger partial charge on any atom is 0.317 e. The molecule has 0 aliphatic heterocycles. The summed E-state index contributed by atoms with van der Waals surface area (Å²) in [5.41, 5.74) is 1.01. The molecule has 1 rings (SSSR count). The second-order valence-corrected chi connectivity index (χ2v) is 5.86. The van der Waals surface area contributed by atoms with Gasteiger partial charge in [0.15, 0.2) is 0 Å². The van der Waals surface area contributed by atoms with Gasteiger partial charge >= 0.3 is 5.97 Å². The van der Waals surface area contributed by atoms with Crippen molar-refractivity contribution in [2.75, 3.05) is 19.6 Å². The van der Waals surface area contributed by atoms with Crippen LogP contribution in [0.3, 0.4) is 0 Å². The molecule has 0 fully saturated rings. The zero-order valence-corrected chi connectivity index (χ0v) is 13.9. The standard InChI is InChI=1S/C15H21BrN2O3/c1-3-8-18(10-15(20)21)9-14(19)17-11(2)12-4-6-13(16)7-5-12/h4-7,11H,3,8-10H2,1-2H3,(H,17,19)(H,20,21). The van der Waals surface area contributed by atoms with Gasteiger partial charge in [-0.1, -0.05) is 35.0 Å². The number of aliphatic carboxylic acids is 1. The van der Waals surface area contributed by atoms with Crippen LogP contribution in [0, 0.1) is 0 Å². The Balaban J connectivity index is 2.54. The van der Waals surface area contributed by atoms with Crippen LogP contribution in [0.5, 0.6) is 0 Å². The third kappa shape index (κ3) is 6.73. The molecular weight excluding hydrogens is 336 g/mol. The van der Waals surface area contributed by atoms with E-state index < -0.39 is 5.97 Å². The Kier molecular flexibility index (Phi) is 7.39. The van der Waals surface area contributed by atoms with Crippen LogP contribution in [0.1, 0.15) is 31.9 Å². The Bertz CT molecular complexity index is 476. The fourth-order valence-electron chi connectivity index (χ4n) is 2.05. The first-order valence-electron chi connectivity index (χ1n) is 6.91. The van der Waals surface area contributed by atoms with Crippen LogP contribution in [0.25, 0.3) is 0 Å². The molecular formula is C15H21BrN2O3. The van der Waals surface area contributed by atoms with Gasteiger partial charge in [-0.05, 0) is 37.6 Å². The SMILES string of the molecule is CCCN(CC(=O)O)CC(=O)NC(C)c1ccc(Br)cc1. The van der Waals surface area contributed by atoms with Crippen LogP contribution in [0.4, 0.5) is 0 Å². The van der Waals surface area contributed by atoms with Crippen molar-refractivity contribution in [3.05, 3.63) is 34.3 Å². The van der Waals surface area contributed by atoms with Gasteiger partial charge in [0.1, 0.15) is 0 Å². The van der Waals surface area contributed by atoms with Gasteiger partial charge in [-0.25, -0.2) is 0 Å². The monoisotopic (exact) mass is 356 g/mol. The predicted molar refractivity (Wildman–Crippen MR) is 85.1 cm³/mol. The maximum atomic E-state index is 12.0. The number of carbonyl (C=O) groups excluding carboxylic acids is 1. The molecule has 1 aromatic carbocycles. The highest BCUT2D eigenvalue weighted by Gasteiger charge is 2.15. The minimum Gasteiger partial charge on any atom is -0.480 e. The van der Waals surface area contributed by atoms with E-state index in [0.29, 0.717) is 6.54 Å². The van der Waals surface area contributed by atoms with Crippen molar-refractivity contribution in [2.24, 2.45) is 0 Å². The average Bonchev–Trinajstić information content (AvgIpc) is 2.38. The molecule has 0 aliphatic rings. The average molecular weight is 357 g/mol. The summed E-state index contributed by atoms with van der Waals surface area (Å²) in [7, 11) is 0. The van der Waals surface area contributed by atoms with Gasteiger partial charge in [0.25, 0.3) is 0 Å². The summed E-state index contributed by atoms with van der Waals surface area (Å²) in [6, 6.07) is 7.61. The molecule has 0 spiro atoms. The lowest BCUT2D eigenvalue weighted by atomic mass is 10.1.